The van der Waals surface area contributed by atoms with Crippen molar-refractivity contribution in [2.75, 3.05) is 19.0 Å². The molecule has 0 saturated carbocycles. The van der Waals surface area contributed by atoms with Gasteiger partial charge in [0, 0.05) is 38.4 Å². The van der Waals surface area contributed by atoms with Crippen molar-refractivity contribution in [2.24, 2.45) is 4.99 Å². The molecular formula is C18H18N4OS. The fourth-order valence-corrected chi connectivity index (χ4v) is 3.08. The maximum absolute atomic E-state index is 12.6. The molecule has 3 rings (SSSR count). The molecule has 0 spiro atoms. The van der Waals surface area contributed by atoms with Gasteiger partial charge in [0.25, 0.3) is 5.91 Å². The lowest BCUT2D eigenvalue weighted by atomic mass is 10.2. The Morgan fingerprint density at radius 2 is 2.00 bits per heavy atom. The van der Waals surface area contributed by atoms with E-state index in [1.165, 1.54) is 16.9 Å². The Balaban J connectivity index is 1.93. The van der Waals surface area contributed by atoms with Gasteiger partial charge in [-0.15, -0.1) is 11.3 Å². The van der Waals surface area contributed by atoms with E-state index in [2.05, 4.69) is 22.1 Å². The molecule has 0 saturated heterocycles. The maximum atomic E-state index is 12.6. The number of rotatable bonds is 4. The molecule has 122 valence electrons. The molecule has 0 radical (unpaired) electrons. The highest BCUT2D eigenvalue weighted by atomic mass is 32.1. The SMILES string of the molecule is CN(C)c1ncccc1C(=O)N=c1sccn1Cc1ccccc1. The Hall–Kier alpha value is -2.73. The molecule has 1 aromatic carbocycles. The predicted molar refractivity (Wildman–Crippen MR) is 96.3 cm³/mol. The fourth-order valence-electron chi connectivity index (χ4n) is 2.35. The molecule has 0 unspecified atom stereocenters. The number of benzene rings is 1. The molecule has 24 heavy (non-hydrogen) atoms. The summed E-state index contributed by atoms with van der Waals surface area (Å²) in [6, 6.07) is 13.6. The smallest absolute Gasteiger partial charge is 0.283 e. The molecule has 0 aliphatic carbocycles. The number of hydrogen-bond acceptors (Lipinski definition) is 4. The van der Waals surface area contributed by atoms with Gasteiger partial charge in [0.2, 0.25) is 0 Å². The molecule has 1 amide bonds. The average molecular weight is 338 g/mol. The van der Waals surface area contributed by atoms with Crippen molar-refractivity contribution in [1.82, 2.24) is 9.55 Å². The predicted octanol–water partition coefficient (Wildman–Crippen LogP) is 2.80. The van der Waals surface area contributed by atoms with Gasteiger partial charge >= 0.3 is 0 Å². The van der Waals surface area contributed by atoms with Gasteiger partial charge in [-0.05, 0) is 17.7 Å². The van der Waals surface area contributed by atoms with Crippen LogP contribution in [-0.4, -0.2) is 29.6 Å². The van der Waals surface area contributed by atoms with Crippen LogP contribution in [0.2, 0.25) is 0 Å². The lowest BCUT2D eigenvalue weighted by Crippen LogP contribution is -2.19. The van der Waals surface area contributed by atoms with Gasteiger partial charge in [0.1, 0.15) is 5.82 Å². The third-order valence-corrected chi connectivity index (χ3v) is 4.29. The van der Waals surface area contributed by atoms with Gasteiger partial charge < -0.3 is 9.47 Å². The number of thiazole rings is 1. The Kier molecular flexibility index (Phi) is 4.86. The van der Waals surface area contributed by atoms with Crippen molar-refractivity contribution in [3.05, 3.63) is 76.2 Å². The normalized spacial score (nSPS) is 11.5. The van der Waals surface area contributed by atoms with Crippen molar-refractivity contribution in [2.45, 2.75) is 6.54 Å². The van der Waals surface area contributed by atoms with E-state index < -0.39 is 0 Å². The topological polar surface area (TPSA) is 50.5 Å². The molecule has 0 N–H and O–H groups in total. The van der Waals surface area contributed by atoms with Crippen molar-refractivity contribution in [1.29, 1.82) is 0 Å². The highest BCUT2D eigenvalue weighted by Crippen LogP contribution is 2.15. The minimum Gasteiger partial charge on any atom is -0.362 e. The first kappa shape index (κ1) is 16.1. The van der Waals surface area contributed by atoms with E-state index in [0.29, 0.717) is 22.7 Å². The molecular weight excluding hydrogens is 320 g/mol. The number of nitrogens with zero attached hydrogens (tertiary/aromatic N) is 4. The summed E-state index contributed by atoms with van der Waals surface area (Å²) < 4.78 is 1.98. The van der Waals surface area contributed by atoms with Crippen molar-refractivity contribution < 1.29 is 4.79 Å². The Bertz CT molecular complexity index is 896. The van der Waals surface area contributed by atoms with Crippen LogP contribution < -0.4 is 9.70 Å². The quantitative estimate of drug-likeness (QED) is 0.735. The van der Waals surface area contributed by atoms with Gasteiger partial charge in [-0.25, -0.2) is 4.98 Å². The number of pyridine rings is 1. The lowest BCUT2D eigenvalue weighted by molar-refractivity contribution is 0.0998. The molecule has 0 fully saturated rings. The number of anilines is 1. The molecule has 2 heterocycles. The number of aromatic nitrogens is 2. The van der Waals surface area contributed by atoms with Crippen LogP contribution in [0.15, 0.2) is 65.2 Å². The summed E-state index contributed by atoms with van der Waals surface area (Å²) in [6.07, 6.45) is 3.62. The zero-order chi connectivity index (χ0) is 16.9. The monoisotopic (exact) mass is 338 g/mol. The van der Waals surface area contributed by atoms with Gasteiger partial charge in [0.15, 0.2) is 4.80 Å². The molecule has 0 aliphatic heterocycles. The van der Waals surface area contributed by atoms with E-state index in [9.17, 15) is 4.79 Å². The standard InChI is InChI=1S/C18H18N4OS/c1-21(2)16-15(9-6-10-19-16)17(23)20-18-22(11-12-24-18)13-14-7-4-3-5-8-14/h3-12H,13H2,1-2H3. The van der Waals surface area contributed by atoms with E-state index in [0.717, 1.165) is 0 Å². The number of carbonyl (C=O) groups is 1. The van der Waals surface area contributed by atoms with E-state index in [-0.39, 0.29) is 5.91 Å². The second-order valence-electron chi connectivity index (χ2n) is 5.49. The second kappa shape index (κ2) is 7.23. The largest absolute Gasteiger partial charge is 0.362 e. The fraction of sp³-hybridized carbons (Fsp3) is 0.167. The van der Waals surface area contributed by atoms with Crippen LogP contribution >= 0.6 is 11.3 Å². The first-order chi connectivity index (χ1) is 11.6. The molecule has 0 atom stereocenters. The van der Waals surface area contributed by atoms with Crippen molar-refractivity contribution >= 4 is 23.1 Å². The maximum Gasteiger partial charge on any atom is 0.283 e. The average Bonchev–Trinajstić information content (AvgIpc) is 3.02. The molecule has 2 aromatic heterocycles. The van der Waals surface area contributed by atoms with Crippen LogP contribution in [0.3, 0.4) is 0 Å². The van der Waals surface area contributed by atoms with Gasteiger partial charge in [-0.3, -0.25) is 4.79 Å². The molecule has 6 heteroatoms. The summed E-state index contributed by atoms with van der Waals surface area (Å²) in [7, 11) is 3.72. The third kappa shape index (κ3) is 3.60. The molecule has 3 aromatic rings. The van der Waals surface area contributed by atoms with E-state index in [1.807, 2.05) is 53.3 Å². The first-order valence-corrected chi connectivity index (χ1v) is 8.42. The first-order valence-electron chi connectivity index (χ1n) is 7.54. The van der Waals surface area contributed by atoms with Crippen LogP contribution in [-0.2, 0) is 6.54 Å². The Morgan fingerprint density at radius 1 is 1.21 bits per heavy atom. The second-order valence-corrected chi connectivity index (χ2v) is 6.36. The van der Waals surface area contributed by atoms with Crippen molar-refractivity contribution in [3.8, 4) is 0 Å². The Morgan fingerprint density at radius 3 is 2.75 bits per heavy atom. The third-order valence-electron chi connectivity index (χ3n) is 3.49. The summed E-state index contributed by atoms with van der Waals surface area (Å²) in [5.74, 6) is 0.341. The Labute approximate surface area is 144 Å². The van der Waals surface area contributed by atoms with Crippen LogP contribution in [0.1, 0.15) is 15.9 Å². The summed E-state index contributed by atoms with van der Waals surface area (Å²) in [4.78, 5) is 23.7. The minimum absolute atomic E-state index is 0.281. The molecule has 5 nitrogen and oxygen atoms in total. The van der Waals surface area contributed by atoms with Crippen LogP contribution in [0.4, 0.5) is 5.82 Å². The highest BCUT2D eigenvalue weighted by Gasteiger charge is 2.13. The number of hydrogen-bond donors (Lipinski definition) is 0. The number of carbonyl (C=O) groups excluding carboxylic acids is 1. The molecule has 0 bridgehead atoms. The van der Waals surface area contributed by atoms with E-state index in [4.69, 9.17) is 0 Å². The highest BCUT2D eigenvalue weighted by molar-refractivity contribution is 7.07. The van der Waals surface area contributed by atoms with Gasteiger partial charge in [-0.2, -0.15) is 4.99 Å². The van der Waals surface area contributed by atoms with Gasteiger partial charge in [-0.1, -0.05) is 30.3 Å². The molecule has 0 aliphatic rings. The van der Waals surface area contributed by atoms with Crippen molar-refractivity contribution in [3.63, 3.8) is 0 Å². The summed E-state index contributed by atoms with van der Waals surface area (Å²) in [6.45, 7) is 0.685. The zero-order valence-electron chi connectivity index (χ0n) is 13.6. The van der Waals surface area contributed by atoms with Crippen LogP contribution in [0.25, 0.3) is 0 Å². The lowest BCUT2D eigenvalue weighted by Gasteiger charge is -2.13. The number of amides is 1. The summed E-state index contributed by atoms with van der Waals surface area (Å²) in [5, 5.41) is 1.94. The zero-order valence-corrected chi connectivity index (χ0v) is 14.4. The van der Waals surface area contributed by atoms with E-state index in [1.54, 1.807) is 18.3 Å². The van der Waals surface area contributed by atoms with Crippen LogP contribution in [0, 0.1) is 0 Å². The van der Waals surface area contributed by atoms with Gasteiger partial charge in [0.05, 0.1) is 5.56 Å². The van der Waals surface area contributed by atoms with Crippen LogP contribution in [0.5, 0.6) is 0 Å². The van der Waals surface area contributed by atoms with E-state index >= 15 is 0 Å². The minimum atomic E-state index is -0.281. The summed E-state index contributed by atoms with van der Waals surface area (Å²) in [5.41, 5.74) is 1.67. The summed E-state index contributed by atoms with van der Waals surface area (Å²) >= 11 is 1.45.